The maximum Gasteiger partial charge on any atom is 0.178 e. The van der Waals surface area contributed by atoms with Crippen LogP contribution in [0.3, 0.4) is 0 Å². The Morgan fingerprint density at radius 2 is 1.17 bits per heavy atom. The summed E-state index contributed by atoms with van der Waals surface area (Å²) in [5, 5.41) is 2.97. The molecule has 168 valence electrons. The van der Waals surface area contributed by atoms with Crippen LogP contribution < -0.4 is 0 Å². The topological polar surface area (TPSA) is 26.3 Å². The van der Waals surface area contributed by atoms with Gasteiger partial charge in [0, 0.05) is 27.3 Å². The second kappa shape index (κ2) is 7.34. The van der Waals surface area contributed by atoms with Crippen LogP contribution >= 0.6 is 0 Å². The van der Waals surface area contributed by atoms with Crippen molar-refractivity contribution in [3.05, 3.63) is 121 Å². The van der Waals surface area contributed by atoms with E-state index in [9.17, 15) is 0 Å². The highest BCUT2D eigenvalue weighted by Crippen LogP contribution is 2.46. The molecule has 0 N–H and O–H groups in total. The zero-order valence-electron chi connectivity index (χ0n) is 26.7. The molecule has 0 bridgehead atoms. The summed E-state index contributed by atoms with van der Waals surface area (Å²) in [6.45, 7) is 0. The molecular weight excluding hydrogens is 440 g/mol. The first-order valence-corrected chi connectivity index (χ1v) is 11.5. The van der Waals surface area contributed by atoms with Crippen LogP contribution in [-0.2, 0) is 0 Å². The second-order valence-electron chi connectivity index (χ2n) is 8.68. The fraction of sp³-hybridized carbons (Fsp3) is 0. The molecule has 2 heterocycles. The van der Waals surface area contributed by atoms with Gasteiger partial charge in [-0.05, 0) is 44.8 Å². The number of benzene rings is 6. The molecule has 0 saturated carbocycles. The van der Waals surface area contributed by atoms with Crippen molar-refractivity contribution in [3.8, 4) is 22.3 Å². The van der Waals surface area contributed by atoms with Crippen molar-refractivity contribution in [1.82, 2.24) is 0 Å². The van der Waals surface area contributed by atoms with Crippen molar-refractivity contribution >= 4 is 54.5 Å². The van der Waals surface area contributed by atoms with Crippen LogP contribution in [0, 0.1) is 0 Å². The molecule has 36 heavy (non-hydrogen) atoms. The first kappa shape index (κ1) is 13.3. The number of rotatable bonds is 2. The molecular formula is C34H20O2. The molecule has 8 aromatic rings. The van der Waals surface area contributed by atoms with Gasteiger partial charge in [-0.1, -0.05) is 103 Å². The Morgan fingerprint density at radius 1 is 0.500 bits per heavy atom. The summed E-state index contributed by atoms with van der Waals surface area (Å²) in [5.41, 5.74) is 3.02. The molecule has 0 aliphatic carbocycles. The molecule has 2 aromatic heterocycles. The smallest absolute Gasteiger partial charge is 0.178 e. The molecule has 2 nitrogen and oxygen atoms in total. The van der Waals surface area contributed by atoms with E-state index < -0.39 is 24.2 Å². The van der Waals surface area contributed by atoms with Crippen molar-refractivity contribution in [2.75, 3.05) is 0 Å². The van der Waals surface area contributed by atoms with Crippen LogP contribution in [0.25, 0.3) is 76.7 Å². The van der Waals surface area contributed by atoms with E-state index in [2.05, 4.69) is 0 Å². The van der Waals surface area contributed by atoms with Crippen LogP contribution in [0.1, 0.15) is 11.0 Å². The highest BCUT2D eigenvalue weighted by molar-refractivity contribution is 6.24. The standard InChI is InChI=1S/C34H20O2/c1-2-9-21(10-3-1)30-23-11-4-6-13-25(23)31(26-14-7-5-12-24(26)30)29-16-8-15-27-28-18-17-22-19-20-35-32(22)34(28)36-33(27)29/h1-20H/i4D,5D,6D,7D,11D,12D,13D,14D. The van der Waals surface area contributed by atoms with Gasteiger partial charge in [-0.25, -0.2) is 0 Å². The van der Waals surface area contributed by atoms with E-state index in [4.69, 9.17) is 19.8 Å². The second-order valence-corrected chi connectivity index (χ2v) is 8.68. The van der Waals surface area contributed by atoms with Crippen LogP contribution in [0.4, 0.5) is 0 Å². The average molecular weight is 469 g/mol. The zero-order chi connectivity index (χ0) is 30.6. The lowest BCUT2D eigenvalue weighted by atomic mass is 9.85. The fourth-order valence-electron chi connectivity index (χ4n) is 5.27. The first-order chi connectivity index (χ1) is 21.2. The van der Waals surface area contributed by atoms with E-state index in [1.54, 1.807) is 42.7 Å². The Hall–Kier alpha value is -4.82. The Kier molecular flexibility index (Phi) is 2.71. The molecule has 0 unspecified atom stereocenters. The summed E-state index contributed by atoms with van der Waals surface area (Å²) in [6, 6.07) is 17.0. The predicted octanol–water partition coefficient (Wildman–Crippen LogP) is 9.97. The fourth-order valence-corrected chi connectivity index (χ4v) is 5.27. The SMILES string of the molecule is [2H]c1c([2H])c([2H])c2c(-c3cccc4c3oc3c4ccc4ccoc43)c3c([2H])c([2H])c([2H])c([2H])c3c(-c3ccccc3)c2c1[2H]. The summed E-state index contributed by atoms with van der Waals surface area (Å²) in [5.74, 6) is 0. The zero-order valence-corrected chi connectivity index (χ0v) is 18.7. The van der Waals surface area contributed by atoms with Crippen molar-refractivity contribution in [1.29, 1.82) is 0 Å². The van der Waals surface area contributed by atoms with Gasteiger partial charge in [0.15, 0.2) is 11.2 Å². The lowest BCUT2D eigenvalue weighted by molar-refractivity contribution is 0.600. The van der Waals surface area contributed by atoms with E-state index in [-0.39, 0.29) is 51.3 Å². The average Bonchev–Trinajstić information content (AvgIpc) is 3.68. The van der Waals surface area contributed by atoms with Crippen LogP contribution in [-0.4, -0.2) is 0 Å². The van der Waals surface area contributed by atoms with Gasteiger partial charge in [-0.2, -0.15) is 0 Å². The van der Waals surface area contributed by atoms with Gasteiger partial charge in [0.2, 0.25) is 0 Å². The summed E-state index contributed by atoms with van der Waals surface area (Å²) < 4.78 is 83.1. The summed E-state index contributed by atoms with van der Waals surface area (Å²) in [7, 11) is 0. The molecule has 0 spiro atoms. The van der Waals surface area contributed by atoms with E-state index in [1.165, 1.54) is 0 Å². The van der Waals surface area contributed by atoms with Gasteiger partial charge in [0.05, 0.1) is 17.2 Å². The van der Waals surface area contributed by atoms with Crippen LogP contribution in [0.5, 0.6) is 0 Å². The van der Waals surface area contributed by atoms with Gasteiger partial charge >= 0.3 is 0 Å². The van der Waals surface area contributed by atoms with Crippen molar-refractivity contribution < 1.29 is 19.8 Å². The normalized spacial score (nSPS) is 15.0. The molecule has 0 aliphatic rings. The minimum Gasteiger partial charge on any atom is -0.460 e. The molecule has 0 amide bonds. The predicted molar refractivity (Wildman–Crippen MR) is 149 cm³/mol. The third-order valence-corrected chi connectivity index (χ3v) is 6.79. The third kappa shape index (κ3) is 2.61. The van der Waals surface area contributed by atoms with Crippen molar-refractivity contribution in [3.63, 3.8) is 0 Å². The molecule has 0 atom stereocenters. The number of furan rings is 2. The lowest BCUT2D eigenvalue weighted by Gasteiger charge is -2.17. The number of fused-ring (bicyclic) bond motifs is 7. The maximum absolute atomic E-state index is 9.14. The third-order valence-electron chi connectivity index (χ3n) is 6.79. The molecule has 0 saturated heterocycles. The number of para-hydroxylation sites is 1. The molecule has 0 aliphatic heterocycles. The molecule has 6 aromatic carbocycles. The van der Waals surface area contributed by atoms with Crippen LogP contribution in [0.15, 0.2) is 130 Å². The van der Waals surface area contributed by atoms with E-state index in [0.717, 1.165) is 16.2 Å². The van der Waals surface area contributed by atoms with E-state index in [0.29, 0.717) is 33.4 Å². The molecule has 0 fully saturated rings. The lowest BCUT2D eigenvalue weighted by Crippen LogP contribution is -1.90. The minimum atomic E-state index is -0.447. The first-order valence-electron chi connectivity index (χ1n) is 15.5. The van der Waals surface area contributed by atoms with E-state index in [1.807, 2.05) is 30.3 Å². The molecule has 0 radical (unpaired) electrons. The highest BCUT2D eigenvalue weighted by Gasteiger charge is 2.20. The van der Waals surface area contributed by atoms with Crippen molar-refractivity contribution in [2.24, 2.45) is 0 Å². The quantitative estimate of drug-likeness (QED) is 0.236. The summed E-state index contributed by atoms with van der Waals surface area (Å²) in [4.78, 5) is 0. The molecule has 2 heteroatoms. The van der Waals surface area contributed by atoms with Gasteiger partial charge in [0.1, 0.15) is 5.58 Å². The summed E-state index contributed by atoms with van der Waals surface area (Å²) in [6.07, 6.45) is 1.58. The van der Waals surface area contributed by atoms with Gasteiger partial charge < -0.3 is 8.83 Å². The Morgan fingerprint density at radius 3 is 1.89 bits per heavy atom. The van der Waals surface area contributed by atoms with Crippen molar-refractivity contribution in [2.45, 2.75) is 0 Å². The highest BCUT2D eigenvalue weighted by atomic mass is 16.4. The Labute approximate surface area is 218 Å². The summed E-state index contributed by atoms with van der Waals surface area (Å²) >= 11 is 0. The van der Waals surface area contributed by atoms with E-state index >= 15 is 0 Å². The number of hydrogen-bond donors (Lipinski definition) is 0. The number of hydrogen-bond acceptors (Lipinski definition) is 2. The molecule has 8 rings (SSSR count). The Balaban J connectivity index is 1.71. The van der Waals surface area contributed by atoms with Gasteiger partial charge in [-0.3, -0.25) is 0 Å². The monoisotopic (exact) mass is 468 g/mol. The van der Waals surface area contributed by atoms with Gasteiger partial charge in [0.25, 0.3) is 0 Å². The maximum atomic E-state index is 9.14. The van der Waals surface area contributed by atoms with Gasteiger partial charge in [-0.15, -0.1) is 0 Å². The largest absolute Gasteiger partial charge is 0.460 e. The minimum absolute atomic E-state index is 0.142. The van der Waals surface area contributed by atoms with Crippen LogP contribution in [0.2, 0.25) is 0 Å². The Bertz CT molecular complexity index is 2450.